The molecule has 0 spiro atoms. The zero-order chi connectivity index (χ0) is 32.6. The van der Waals surface area contributed by atoms with E-state index in [4.69, 9.17) is 0 Å². The maximum atomic E-state index is 14.3. The van der Waals surface area contributed by atoms with Gasteiger partial charge >= 0.3 is 12.4 Å². The third-order valence-electron chi connectivity index (χ3n) is 7.65. The SMILES string of the molecule is O=C(NN1CCCC[C@@]1(Cc1ccc([N+](=O)[O-])cc1)C(=O)c1cc(C(F)(F)F)cc(C(F)(F)F)c1)c1ncnc2ccccc12. The molecule has 3 aromatic carbocycles. The highest BCUT2D eigenvalue weighted by Gasteiger charge is 2.48. The summed E-state index contributed by atoms with van der Waals surface area (Å²) in [6.07, 6.45) is -8.84. The highest BCUT2D eigenvalue weighted by molar-refractivity contribution is 6.06. The van der Waals surface area contributed by atoms with Crippen LogP contribution in [-0.4, -0.2) is 43.7 Å². The number of non-ortho nitro benzene ring substituents is 1. The van der Waals surface area contributed by atoms with Gasteiger partial charge < -0.3 is 0 Å². The van der Waals surface area contributed by atoms with Gasteiger partial charge in [0.2, 0.25) is 0 Å². The molecule has 1 atom stereocenters. The number of rotatable bonds is 7. The number of hydrogen-bond acceptors (Lipinski definition) is 7. The Labute approximate surface area is 251 Å². The van der Waals surface area contributed by atoms with Crippen molar-refractivity contribution in [2.45, 2.75) is 43.6 Å². The summed E-state index contributed by atoms with van der Waals surface area (Å²) in [6, 6.07) is 12.2. The van der Waals surface area contributed by atoms with E-state index in [1.807, 2.05) is 0 Å². The van der Waals surface area contributed by atoms with E-state index in [0.29, 0.717) is 41.4 Å². The first-order valence-corrected chi connectivity index (χ1v) is 13.5. The number of hydrogen-bond donors (Lipinski definition) is 1. The van der Waals surface area contributed by atoms with E-state index in [2.05, 4.69) is 15.4 Å². The Morgan fingerprint density at radius 1 is 0.911 bits per heavy atom. The Morgan fingerprint density at radius 2 is 1.56 bits per heavy atom. The van der Waals surface area contributed by atoms with Crippen LogP contribution in [0.1, 0.15) is 56.8 Å². The zero-order valence-corrected chi connectivity index (χ0v) is 23.2. The highest BCUT2D eigenvalue weighted by Crippen LogP contribution is 2.40. The minimum Gasteiger partial charge on any atom is -0.292 e. The third kappa shape index (κ3) is 6.48. The van der Waals surface area contributed by atoms with Crippen LogP contribution in [0.25, 0.3) is 10.9 Å². The van der Waals surface area contributed by atoms with Crippen molar-refractivity contribution >= 4 is 28.3 Å². The number of nitrogens with one attached hydrogen (secondary N) is 1. The average molecular weight is 632 g/mol. The third-order valence-corrected chi connectivity index (χ3v) is 7.65. The number of alkyl halides is 6. The molecule has 234 valence electrons. The van der Waals surface area contributed by atoms with Crippen molar-refractivity contribution in [1.29, 1.82) is 0 Å². The molecule has 0 unspecified atom stereocenters. The Hall–Kier alpha value is -4.92. The Kier molecular flexibility index (Phi) is 8.31. The number of piperidine rings is 1. The molecule has 4 aromatic rings. The number of aromatic nitrogens is 2. The van der Waals surface area contributed by atoms with E-state index < -0.39 is 51.2 Å². The molecule has 1 N–H and O–H groups in total. The van der Waals surface area contributed by atoms with Crippen molar-refractivity contribution in [3.05, 3.63) is 111 Å². The maximum Gasteiger partial charge on any atom is 0.416 e. The normalized spacial score (nSPS) is 17.6. The molecule has 1 aliphatic heterocycles. The van der Waals surface area contributed by atoms with E-state index in [1.165, 1.54) is 17.1 Å². The lowest BCUT2D eigenvalue weighted by Crippen LogP contribution is -2.64. The van der Waals surface area contributed by atoms with Crippen molar-refractivity contribution in [3.8, 4) is 0 Å². The zero-order valence-electron chi connectivity index (χ0n) is 23.2. The van der Waals surface area contributed by atoms with Gasteiger partial charge in [-0.3, -0.25) is 25.1 Å². The van der Waals surface area contributed by atoms with Crippen LogP contribution >= 0.6 is 0 Å². The molecule has 15 heteroatoms. The van der Waals surface area contributed by atoms with Gasteiger partial charge in [-0.1, -0.05) is 30.3 Å². The number of carbonyl (C=O) groups is 2. The van der Waals surface area contributed by atoms with Gasteiger partial charge in [-0.2, -0.15) is 26.3 Å². The number of nitro benzene ring substituents is 1. The number of hydrazine groups is 1. The van der Waals surface area contributed by atoms with Crippen molar-refractivity contribution in [1.82, 2.24) is 20.4 Å². The van der Waals surface area contributed by atoms with Crippen LogP contribution < -0.4 is 5.43 Å². The largest absolute Gasteiger partial charge is 0.416 e. The number of para-hydroxylation sites is 1. The van der Waals surface area contributed by atoms with Gasteiger partial charge in [0.15, 0.2) is 5.78 Å². The quantitative estimate of drug-likeness (QED) is 0.106. The van der Waals surface area contributed by atoms with E-state index in [9.17, 15) is 46.0 Å². The standard InChI is InChI=1S/C30H23F6N5O4/c31-29(32,33)20-13-19(14-21(15-20)30(34,35)36)26(42)28(16-18-7-9-22(10-8-18)41(44)45)11-3-4-12-40(28)39-27(43)25-23-5-1-2-6-24(23)37-17-38-25/h1-2,5-10,13-15,17H,3-4,11-12,16H2,(H,39,43)/t28-/m1/s1. The molecule has 0 saturated carbocycles. The molecule has 0 radical (unpaired) electrons. The fraction of sp³-hybridized carbons (Fsp3) is 0.267. The Bertz CT molecular complexity index is 1740. The van der Waals surface area contributed by atoms with Crippen LogP contribution in [0.2, 0.25) is 0 Å². The smallest absolute Gasteiger partial charge is 0.292 e. The monoisotopic (exact) mass is 631 g/mol. The van der Waals surface area contributed by atoms with E-state index in [1.54, 1.807) is 24.3 Å². The number of halogens is 6. The minimum absolute atomic E-state index is 0.0125. The van der Waals surface area contributed by atoms with Crippen LogP contribution in [0.15, 0.2) is 73.1 Å². The first-order chi connectivity index (χ1) is 21.2. The number of carbonyl (C=O) groups excluding carboxylic acids is 2. The molecule has 45 heavy (non-hydrogen) atoms. The highest BCUT2D eigenvalue weighted by atomic mass is 19.4. The Morgan fingerprint density at radius 3 is 2.18 bits per heavy atom. The summed E-state index contributed by atoms with van der Waals surface area (Å²) in [5.41, 5.74) is -2.99. The topological polar surface area (TPSA) is 118 Å². The molecule has 1 aromatic heterocycles. The first-order valence-electron chi connectivity index (χ1n) is 13.5. The lowest BCUT2D eigenvalue weighted by Gasteiger charge is -2.46. The van der Waals surface area contributed by atoms with Gasteiger partial charge in [-0.15, -0.1) is 0 Å². The van der Waals surface area contributed by atoms with Crippen LogP contribution in [0.3, 0.4) is 0 Å². The summed E-state index contributed by atoms with van der Waals surface area (Å²) < 4.78 is 82.4. The van der Waals surface area contributed by atoms with Crippen LogP contribution in [0.5, 0.6) is 0 Å². The fourth-order valence-electron chi connectivity index (χ4n) is 5.49. The van der Waals surface area contributed by atoms with Crippen molar-refractivity contribution < 1.29 is 40.9 Å². The summed E-state index contributed by atoms with van der Waals surface area (Å²) in [6.45, 7) is 0.0125. The van der Waals surface area contributed by atoms with Crippen LogP contribution in [-0.2, 0) is 18.8 Å². The van der Waals surface area contributed by atoms with Crippen LogP contribution in [0.4, 0.5) is 32.0 Å². The summed E-state index contributed by atoms with van der Waals surface area (Å²) in [5, 5.41) is 12.8. The lowest BCUT2D eigenvalue weighted by molar-refractivity contribution is -0.384. The molecule has 1 amide bonds. The summed E-state index contributed by atoms with van der Waals surface area (Å²) in [5.74, 6) is -1.87. The molecule has 2 heterocycles. The number of benzene rings is 3. The van der Waals surface area contributed by atoms with E-state index in [0.717, 1.165) is 18.5 Å². The number of nitrogens with zero attached hydrogens (tertiary/aromatic N) is 4. The van der Waals surface area contributed by atoms with Gasteiger partial charge in [0.25, 0.3) is 11.6 Å². The van der Waals surface area contributed by atoms with E-state index in [-0.39, 0.29) is 36.8 Å². The molecule has 1 fully saturated rings. The van der Waals surface area contributed by atoms with Crippen LogP contribution in [0, 0.1) is 10.1 Å². The molecule has 9 nitrogen and oxygen atoms in total. The number of fused-ring (bicyclic) bond motifs is 1. The first kappa shape index (κ1) is 31.5. The molecule has 0 aliphatic carbocycles. The van der Waals surface area contributed by atoms with Crippen molar-refractivity contribution in [2.75, 3.05) is 6.54 Å². The van der Waals surface area contributed by atoms with E-state index >= 15 is 0 Å². The fourth-order valence-corrected chi connectivity index (χ4v) is 5.49. The summed E-state index contributed by atoms with van der Waals surface area (Å²) in [4.78, 5) is 46.6. The predicted octanol–water partition coefficient (Wildman–Crippen LogP) is 6.57. The average Bonchev–Trinajstić information content (AvgIpc) is 3.00. The second-order valence-electron chi connectivity index (χ2n) is 10.5. The van der Waals surface area contributed by atoms with Gasteiger partial charge in [-0.05, 0) is 49.1 Å². The summed E-state index contributed by atoms with van der Waals surface area (Å²) >= 11 is 0. The Balaban J connectivity index is 1.63. The number of nitro groups is 1. The molecular weight excluding hydrogens is 608 g/mol. The molecule has 1 aliphatic rings. The number of ketones is 1. The number of amides is 1. The lowest BCUT2D eigenvalue weighted by atomic mass is 9.76. The van der Waals surface area contributed by atoms with Gasteiger partial charge in [0, 0.05) is 36.0 Å². The van der Waals surface area contributed by atoms with Crippen molar-refractivity contribution in [3.63, 3.8) is 0 Å². The molecule has 1 saturated heterocycles. The number of Topliss-reactive ketones (excluding diaryl/α,β-unsaturated/α-hetero) is 1. The molecular formula is C30H23F6N5O4. The second kappa shape index (κ2) is 11.9. The maximum absolute atomic E-state index is 14.3. The predicted molar refractivity (Wildman–Crippen MR) is 148 cm³/mol. The molecule has 5 rings (SSSR count). The van der Waals surface area contributed by atoms with Gasteiger partial charge in [-0.25, -0.2) is 15.0 Å². The van der Waals surface area contributed by atoms with Crippen molar-refractivity contribution in [2.24, 2.45) is 0 Å². The minimum atomic E-state index is -5.20. The molecule has 0 bridgehead atoms. The summed E-state index contributed by atoms with van der Waals surface area (Å²) in [7, 11) is 0. The second-order valence-corrected chi connectivity index (χ2v) is 10.5. The van der Waals surface area contributed by atoms with Gasteiger partial charge in [0.1, 0.15) is 17.6 Å². The van der Waals surface area contributed by atoms with Gasteiger partial charge in [0.05, 0.1) is 21.6 Å².